The number of carbonyl (C=O) groups is 4. The Balaban J connectivity index is 0.000000185. The van der Waals surface area contributed by atoms with E-state index in [0.717, 1.165) is 75.7 Å². The number of aliphatic hydroxyl groups is 3. The van der Waals surface area contributed by atoms with Crippen LogP contribution in [-0.4, -0.2) is 124 Å². The molecule has 0 amide bonds. The number of β-amino-alcohol motifs (C(OH)–C–C–N with tert-alkyl or cyclic N) is 1. The van der Waals surface area contributed by atoms with E-state index in [9.17, 15) is 29.4 Å². The molecule has 3 saturated carbocycles. The van der Waals surface area contributed by atoms with Crippen molar-refractivity contribution in [3.05, 3.63) is 71.3 Å². The van der Waals surface area contributed by atoms with Crippen LogP contribution in [0.3, 0.4) is 0 Å². The number of fused-ring (bicyclic) bond motifs is 7. The minimum Gasteiger partial charge on any atom is -0.481 e. The van der Waals surface area contributed by atoms with Crippen LogP contribution in [0.25, 0.3) is 0 Å². The molecule has 0 aromatic heterocycles. The molecule has 2 aliphatic heterocycles. The number of rotatable bonds is 12. The molecule has 7 atom stereocenters. The van der Waals surface area contributed by atoms with Crippen LogP contribution in [0.5, 0.6) is 0 Å². The molecule has 12 nitrogen and oxygen atoms in total. The van der Waals surface area contributed by atoms with Crippen molar-refractivity contribution >= 4 is 58.2 Å². The largest absolute Gasteiger partial charge is 0.481 e. The van der Waals surface area contributed by atoms with Crippen molar-refractivity contribution in [2.75, 3.05) is 63.9 Å². The molecule has 60 heavy (non-hydrogen) atoms. The van der Waals surface area contributed by atoms with Gasteiger partial charge in [-0.05, 0) is 99.4 Å². The molecule has 6 aliphatic rings. The summed E-state index contributed by atoms with van der Waals surface area (Å²) in [5.41, 5.74) is 0.512. The number of halogens is 1. The average Bonchev–Trinajstić information content (AvgIpc) is 3.50. The summed E-state index contributed by atoms with van der Waals surface area (Å²) in [4.78, 5) is 57.3. The fourth-order valence-electron chi connectivity index (χ4n) is 11.2. The van der Waals surface area contributed by atoms with Gasteiger partial charge in [0.15, 0.2) is 12.4 Å². The summed E-state index contributed by atoms with van der Waals surface area (Å²) < 4.78 is 4.96. The number of hydrogen-bond acceptors (Lipinski definition) is 12. The number of para-hydroxylation sites is 1. The Kier molecular flexibility index (Phi) is 13.7. The minimum atomic E-state index is -1.73. The van der Waals surface area contributed by atoms with E-state index in [4.69, 9.17) is 26.6 Å². The molecule has 0 spiro atoms. The maximum absolute atomic E-state index is 13.1. The molecule has 4 aliphatic carbocycles. The quantitative estimate of drug-likeness (QED) is 0.186. The third-order valence-corrected chi connectivity index (χ3v) is 15.7. The van der Waals surface area contributed by atoms with Gasteiger partial charge in [0, 0.05) is 70.8 Å². The number of aliphatic carboxylic acids is 1. The van der Waals surface area contributed by atoms with Crippen molar-refractivity contribution < 1.29 is 44.3 Å². The van der Waals surface area contributed by atoms with Crippen molar-refractivity contribution in [2.24, 2.45) is 28.6 Å². The summed E-state index contributed by atoms with van der Waals surface area (Å²) in [6.07, 6.45) is 7.39. The lowest BCUT2D eigenvalue weighted by Crippen LogP contribution is -2.61. The summed E-state index contributed by atoms with van der Waals surface area (Å²) in [6.45, 7) is 10.7. The summed E-state index contributed by atoms with van der Waals surface area (Å²) in [5.74, 6) is -2.58. The van der Waals surface area contributed by atoms with Gasteiger partial charge in [0.05, 0.1) is 36.9 Å². The molecule has 0 bridgehead atoms. The first-order chi connectivity index (χ1) is 28.7. The van der Waals surface area contributed by atoms with E-state index >= 15 is 0 Å². The zero-order chi connectivity index (χ0) is 42.8. The van der Waals surface area contributed by atoms with E-state index in [2.05, 4.69) is 58.0 Å². The van der Waals surface area contributed by atoms with E-state index in [-0.39, 0.29) is 55.8 Å². The standard InChI is InChI=1S/C25H32O8.C21H26ClN3OS/c1-23-9-7-15(26)11-14(23)3-4-16-17-8-10-25(32,24(17,2)12-18(27)22(16)23)19(28)13-33-21(31)6-5-20(29)30;22-17-6-7-21-19(16-17)25(18-4-1-2-5-20(18)27-21)9-3-8-23-10-12-24(13-11-23)14-15-26/h7,9,11,16-18,22,27,32H,3-6,8,10,12-13H2,1-2H3,(H,29,30);1-2,4-7,16,26H,3,8-15H2/t16-,17-,18-,22+,23-,24-,25-;/m0./s1. The maximum Gasteiger partial charge on any atom is 0.306 e. The number of Topliss-reactive ketones (excluding diaryl/α,β-unsaturated/α-hetero) is 1. The lowest BCUT2D eigenvalue weighted by Gasteiger charge is -2.59. The number of esters is 1. The second-order valence-electron chi connectivity index (χ2n) is 17.7. The summed E-state index contributed by atoms with van der Waals surface area (Å²) >= 11 is 8.12. The molecule has 0 radical (unpaired) electrons. The van der Waals surface area contributed by atoms with Gasteiger partial charge >= 0.3 is 11.9 Å². The monoisotopic (exact) mass is 863 g/mol. The highest BCUT2D eigenvalue weighted by Crippen LogP contribution is 2.67. The van der Waals surface area contributed by atoms with Gasteiger partial charge in [0.1, 0.15) is 5.60 Å². The zero-order valence-electron chi connectivity index (χ0n) is 34.6. The normalized spacial score (nSPS) is 30.7. The number of piperazine rings is 1. The Morgan fingerprint density at radius 2 is 1.67 bits per heavy atom. The number of nitrogens with zero attached hydrogens (tertiary/aromatic N) is 3. The van der Waals surface area contributed by atoms with Crippen LogP contribution in [0, 0.1) is 28.6 Å². The van der Waals surface area contributed by atoms with Crippen molar-refractivity contribution in [1.82, 2.24) is 9.80 Å². The van der Waals surface area contributed by atoms with Crippen LogP contribution < -0.4 is 4.90 Å². The fraction of sp³-hybridized carbons (Fsp3) is 0.565. The lowest BCUT2D eigenvalue weighted by molar-refractivity contribution is -0.181. The first-order valence-electron chi connectivity index (χ1n) is 21.3. The van der Waals surface area contributed by atoms with Gasteiger partial charge < -0.3 is 35.0 Å². The first-order valence-corrected chi connectivity index (χ1v) is 22.5. The number of aliphatic hydroxyl groups excluding tert-OH is 2. The van der Waals surface area contributed by atoms with Crippen molar-refractivity contribution in [3.63, 3.8) is 0 Å². The molecule has 4 N–H and O–H groups in total. The SMILES string of the molecule is C[C@]12C=CC(=O)C=C1CC[C@@H]1[C@@H]2[C@@H](O)C[C@@]2(C)[C@H]1CC[C@]2(O)C(=O)COC(=O)CCC(=O)O.OCCN1CCN(CCCN2c3ccccc3Sc3ccc(Cl)cc32)CC1. The highest BCUT2D eigenvalue weighted by Gasteiger charge is 2.68. The Hall–Kier alpha value is -3.56. The van der Waals surface area contributed by atoms with E-state index in [0.29, 0.717) is 6.42 Å². The van der Waals surface area contributed by atoms with Crippen LogP contribution in [0.4, 0.5) is 11.4 Å². The summed E-state index contributed by atoms with van der Waals surface area (Å²) in [5, 5.41) is 41.4. The molecule has 2 aromatic rings. The van der Waals surface area contributed by atoms with Crippen LogP contribution >= 0.6 is 23.4 Å². The van der Waals surface area contributed by atoms with Gasteiger partial charge in [-0.3, -0.25) is 24.1 Å². The lowest BCUT2D eigenvalue weighted by atomic mass is 9.46. The number of anilines is 2. The second-order valence-corrected chi connectivity index (χ2v) is 19.2. The van der Waals surface area contributed by atoms with Crippen LogP contribution in [-0.2, 0) is 23.9 Å². The van der Waals surface area contributed by atoms with Crippen LogP contribution in [0.2, 0.25) is 5.02 Å². The Labute approximate surface area is 361 Å². The first kappa shape index (κ1) is 44.5. The van der Waals surface area contributed by atoms with Gasteiger partial charge in [-0.2, -0.15) is 0 Å². The predicted octanol–water partition coefficient (Wildman–Crippen LogP) is 5.92. The van der Waals surface area contributed by atoms with Crippen molar-refractivity contribution in [3.8, 4) is 0 Å². The molecule has 14 heteroatoms. The number of hydrogen-bond donors (Lipinski definition) is 4. The van der Waals surface area contributed by atoms with E-state index in [1.54, 1.807) is 12.2 Å². The van der Waals surface area contributed by atoms with Gasteiger partial charge in [-0.25, -0.2) is 0 Å². The minimum absolute atomic E-state index is 0.00645. The molecule has 324 valence electrons. The number of ketones is 2. The van der Waals surface area contributed by atoms with Gasteiger partial charge in [0.25, 0.3) is 0 Å². The van der Waals surface area contributed by atoms with Gasteiger partial charge in [0.2, 0.25) is 5.78 Å². The van der Waals surface area contributed by atoms with Crippen LogP contribution in [0.1, 0.15) is 65.2 Å². The molecule has 8 rings (SSSR count). The third kappa shape index (κ3) is 8.86. The number of ether oxygens (including phenoxy) is 1. The Morgan fingerprint density at radius 3 is 2.40 bits per heavy atom. The molecule has 2 heterocycles. The number of benzene rings is 2. The number of allylic oxidation sites excluding steroid dienone is 4. The molecular weight excluding hydrogens is 806 g/mol. The fourth-order valence-corrected chi connectivity index (χ4v) is 12.5. The van der Waals surface area contributed by atoms with Gasteiger partial charge in [-0.1, -0.05) is 61.0 Å². The summed E-state index contributed by atoms with van der Waals surface area (Å²) in [6, 6.07) is 14.8. The molecule has 0 unspecified atom stereocenters. The van der Waals surface area contributed by atoms with Gasteiger partial charge in [-0.15, -0.1) is 0 Å². The van der Waals surface area contributed by atoms with Crippen molar-refractivity contribution in [1.29, 1.82) is 0 Å². The number of carbonyl (C=O) groups excluding carboxylic acids is 3. The molecule has 2 aromatic carbocycles. The van der Waals surface area contributed by atoms with Crippen LogP contribution in [0.15, 0.2) is 76.1 Å². The second kappa shape index (κ2) is 18.4. The number of carboxylic acids is 1. The van der Waals surface area contributed by atoms with Crippen molar-refractivity contribution in [2.45, 2.75) is 86.7 Å². The zero-order valence-corrected chi connectivity index (χ0v) is 36.1. The molecular formula is C46H58ClN3O9S. The highest BCUT2D eigenvalue weighted by molar-refractivity contribution is 7.99. The average molecular weight is 865 g/mol. The van der Waals surface area contributed by atoms with E-state index in [1.807, 2.05) is 30.8 Å². The molecule has 1 saturated heterocycles. The van der Waals surface area contributed by atoms with E-state index in [1.165, 1.54) is 21.2 Å². The maximum atomic E-state index is 13.1. The molecule has 4 fully saturated rings. The Morgan fingerprint density at radius 1 is 0.950 bits per heavy atom. The third-order valence-electron chi connectivity index (χ3n) is 14.3. The number of carboxylic acid groups (broad SMARTS) is 1. The summed E-state index contributed by atoms with van der Waals surface area (Å²) in [7, 11) is 0. The topological polar surface area (TPSA) is 168 Å². The highest BCUT2D eigenvalue weighted by atomic mass is 35.5. The Bertz CT molecular complexity index is 2020. The van der Waals surface area contributed by atoms with E-state index < -0.39 is 46.9 Å². The smallest absolute Gasteiger partial charge is 0.306 e. The predicted molar refractivity (Wildman–Crippen MR) is 229 cm³/mol.